The highest BCUT2D eigenvalue weighted by molar-refractivity contribution is 5.74. The first kappa shape index (κ1) is 17.2. The predicted octanol–water partition coefficient (Wildman–Crippen LogP) is 3.43. The molecule has 2 fully saturated rings. The fraction of sp³-hybridized carbons (Fsp3) is 0.684. The lowest BCUT2D eigenvalue weighted by Gasteiger charge is -2.31. The molecule has 0 aromatic carbocycles. The van der Waals surface area contributed by atoms with Gasteiger partial charge in [0.2, 0.25) is 0 Å². The lowest BCUT2D eigenvalue weighted by Crippen LogP contribution is -2.47. The summed E-state index contributed by atoms with van der Waals surface area (Å²) in [7, 11) is 0. The Kier molecular flexibility index (Phi) is 5.72. The van der Waals surface area contributed by atoms with Gasteiger partial charge in [0.15, 0.2) is 0 Å². The van der Waals surface area contributed by atoms with Crippen LogP contribution in [0.25, 0.3) is 0 Å². The second-order valence-electron chi connectivity index (χ2n) is 7.52. The van der Waals surface area contributed by atoms with E-state index < -0.39 is 0 Å². The number of aromatic nitrogens is 1. The van der Waals surface area contributed by atoms with Crippen LogP contribution in [-0.4, -0.2) is 29.8 Å². The van der Waals surface area contributed by atoms with E-state index in [1.165, 1.54) is 12.8 Å². The topological polar surface area (TPSA) is 63.2 Å². The third kappa shape index (κ3) is 4.94. The summed E-state index contributed by atoms with van der Waals surface area (Å²) >= 11 is 0. The minimum Gasteiger partial charge on any atom is -0.378 e. The van der Waals surface area contributed by atoms with E-state index in [0.29, 0.717) is 12.0 Å². The SMILES string of the molecule is CC(C)CC(NC(=O)NC1CCOC(C2CC2)C1)c1ccccn1. The number of amides is 2. The van der Waals surface area contributed by atoms with Gasteiger partial charge in [0.05, 0.1) is 17.8 Å². The lowest BCUT2D eigenvalue weighted by atomic mass is 9.99. The third-order valence-electron chi connectivity index (χ3n) is 4.86. The summed E-state index contributed by atoms with van der Waals surface area (Å²) in [6.07, 6.45) is 7.39. The molecule has 3 unspecified atom stereocenters. The van der Waals surface area contributed by atoms with Crippen molar-refractivity contribution in [1.82, 2.24) is 15.6 Å². The van der Waals surface area contributed by atoms with E-state index >= 15 is 0 Å². The lowest BCUT2D eigenvalue weighted by molar-refractivity contribution is -0.00919. The summed E-state index contributed by atoms with van der Waals surface area (Å²) < 4.78 is 5.84. The van der Waals surface area contributed by atoms with Gasteiger partial charge in [-0.25, -0.2) is 4.79 Å². The first-order chi connectivity index (χ1) is 11.6. The average molecular weight is 331 g/mol. The number of hydrogen-bond acceptors (Lipinski definition) is 3. The number of rotatable bonds is 6. The van der Waals surface area contributed by atoms with Crippen molar-refractivity contribution in [3.63, 3.8) is 0 Å². The van der Waals surface area contributed by atoms with Gasteiger partial charge in [-0.15, -0.1) is 0 Å². The monoisotopic (exact) mass is 331 g/mol. The Balaban J connectivity index is 1.54. The molecule has 5 nitrogen and oxygen atoms in total. The normalized spacial score (nSPS) is 25.3. The van der Waals surface area contributed by atoms with E-state index in [4.69, 9.17) is 4.74 Å². The molecule has 1 aliphatic heterocycles. The maximum Gasteiger partial charge on any atom is 0.315 e. The van der Waals surface area contributed by atoms with Crippen molar-refractivity contribution in [2.24, 2.45) is 11.8 Å². The highest BCUT2D eigenvalue weighted by Crippen LogP contribution is 2.38. The van der Waals surface area contributed by atoms with Crippen molar-refractivity contribution in [2.75, 3.05) is 6.61 Å². The number of hydrogen-bond donors (Lipinski definition) is 2. The van der Waals surface area contributed by atoms with Crippen LogP contribution in [0.2, 0.25) is 0 Å². The minimum atomic E-state index is -0.0900. The molecule has 1 saturated carbocycles. The predicted molar refractivity (Wildman–Crippen MR) is 93.6 cm³/mol. The molecule has 2 amide bonds. The number of carbonyl (C=O) groups is 1. The summed E-state index contributed by atoms with van der Waals surface area (Å²) in [5, 5.41) is 6.27. The third-order valence-corrected chi connectivity index (χ3v) is 4.86. The Morgan fingerprint density at radius 1 is 1.33 bits per heavy atom. The second kappa shape index (κ2) is 7.97. The fourth-order valence-corrected chi connectivity index (χ4v) is 3.45. The van der Waals surface area contributed by atoms with Crippen molar-refractivity contribution in [3.05, 3.63) is 30.1 Å². The molecule has 5 heteroatoms. The Morgan fingerprint density at radius 3 is 2.83 bits per heavy atom. The van der Waals surface area contributed by atoms with E-state index in [1.807, 2.05) is 18.2 Å². The number of carbonyl (C=O) groups excluding carboxylic acids is 1. The summed E-state index contributed by atoms with van der Waals surface area (Å²) in [6, 6.07) is 5.92. The van der Waals surface area contributed by atoms with Gasteiger partial charge in [0.25, 0.3) is 0 Å². The molecule has 1 aromatic heterocycles. The maximum absolute atomic E-state index is 12.5. The molecule has 1 saturated heterocycles. The molecule has 2 heterocycles. The van der Waals surface area contributed by atoms with Crippen molar-refractivity contribution in [2.45, 2.75) is 64.1 Å². The van der Waals surface area contributed by atoms with Gasteiger partial charge in [-0.1, -0.05) is 19.9 Å². The average Bonchev–Trinajstić information content (AvgIpc) is 3.40. The van der Waals surface area contributed by atoms with Gasteiger partial charge in [0, 0.05) is 18.8 Å². The maximum atomic E-state index is 12.5. The molecule has 2 N–H and O–H groups in total. The molecule has 0 radical (unpaired) electrons. The first-order valence-corrected chi connectivity index (χ1v) is 9.21. The van der Waals surface area contributed by atoms with Crippen LogP contribution < -0.4 is 10.6 Å². The highest BCUT2D eigenvalue weighted by atomic mass is 16.5. The van der Waals surface area contributed by atoms with Gasteiger partial charge in [0.1, 0.15) is 0 Å². The molecule has 132 valence electrons. The molecule has 1 aromatic rings. The molecule has 1 aliphatic carbocycles. The molecule has 0 bridgehead atoms. The Morgan fingerprint density at radius 2 is 2.17 bits per heavy atom. The Hall–Kier alpha value is -1.62. The summed E-state index contributed by atoms with van der Waals surface area (Å²) in [5.41, 5.74) is 0.921. The van der Waals surface area contributed by atoms with Crippen molar-refractivity contribution in [1.29, 1.82) is 0 Å². The van der Waals surface area contributed by atoms with Gasteiger partial charge < -0.3 is 15.4 Å². The largest absolute Gasteiger partial charge is 0.378 e. The van der Waals surface area contributed by atoms with E-state index in [-0.39, 0.29) is 18.1 Å². The molecule has 3 rings (SSSR count). The van der Waals surface area contributed by atoms with Crippen molar-refractivity contribution >= 4 is 6.03 Å². The van der Waals surface area contributed by atoms with Gasteiger partial charge in [-0.05, 0) is 56.1 Å². The Labute approximate surface area is 144 Å². The molecule has 2 aliphatic rings. The zero-order valence-corrected chi connectivity index (χ0v) is 14.7. The van der Waals surface area contributed by atoms with Crippen LogP contribution in [0, 0.1) is 11.8 Å². The molecular weight excluding hydrogens is 302 g/mol. The minimum absolute atomic E-state index is 0.0507. The number of ether oxygens (including phenoxy) is 1. The Bertz CT molecular complexity index is 531. The van der Waals surface area contributed by atoms with Crippen LogP contribution in [0.15, 0.2) is 24.4 Å². The number of nitrogens with zero attached hydrogens (tertiary/aromatic N) is 1. The van der Waals surface area contributed by atoms with Gasteiger partial charge in [-0.3, -0.25) is 4.98 Å². The second-order valence-corrected chi connectivity index (χ2v) is 7.52. The van der Waals surface area contributed by atoms with E-state index in [0.717, 1.165) is 37.5 Å². The summed E-state index contributed by atoms with van der Waals surface area (Å²) in [6.45, 7) is 5.07. The molecule has 0 spiro atoms. The zero-order valence-electron chi connectivity index (χ0n) is 14.7. The van der Waals surface area contributed by atoms with Crippen molar-refractivity contribution in [3.8, 4) is 0 Å². The van der Waals surface area contributed by atoms with E-state index in [9.17, 15) is 4.79 Å². The van der Waals surface area contributed by atoms with Crippen molar-refractivity contribution < 1.29 is 9.53 Å². The van der Waals surface area contributed by atoms with Crippen LogP contribution in [0.4, 0.5) is 4.79 Å². The number of nitrogens with one attached hydrogen (secondary N) is 2. The number of pyridine rings is 1. The highest BCUT2D eigenvalue weighted by Gasteiger charge is 2.36. The smallest absolute Gasteiger partial charge is 0.315 e. The van der Waals surface area contributed by atoms with Crippen LogP contribution >= 0.6 is 0 Å². The van der Waals surface area contributed by atoms with E-state index in [1.54, 1.807) is 6.20 Å². The molecule has 24 heavy (non-hydrogen) atoms. The van der Waals surface area contributed by atoms with Crippen LogP contribution in [0.1, 0.15) is 57.7 Å². The van der Waals surface area contributed by atoms with Crippen LogP contribution in [0.3, 0.4) is 0 Å². The first-order valence-electron chi connectivity index (χ1n) is 9.21. The van der Waals surface area contributed by atoms with Crippen LogP contribution in [0.5, 0.6) is 0 Å². The van der Waals surface area contributed by atoms with E-state index in [2.05, 4.69) is 29.5 Å². The quantitative estimate of drug-likeness (QED) is 0.839. The molecule has 3 atom stereocenters. The standard InChI is InChI=1S/C19H29N3O2/c1-13(2)11-17(16-5-3-4-9-20-16)22-19(23)21-15-8-10-24-18(12-15)14-6-7-14/h3-5,9,13-15,17-18H,6-8,10-12H2,1-2H3,(H2,21,22,23). The fourth-order valence-electron chi connectivity index (χ4n) is 3.45. The molecular formula is C19H29N3O2. The van der Waals surface area contributed by atoms with Gasteiger partial charge >= 0.3 is 6.03 Å². The summed E-state index contributed by atoms with van der Waals surface area (Å²) in [4.78, 5) is 16.9. The van der Waals surface area contributed by atoms with Crippen LogP contribution in [-0.2, 0) is 4.74 Å². The van der Waals surface area contributed by atoms with Gasteiger partial charge in [-0.2, -0.15) is 0 Å². The zero-order chi connectivity index (χ0) is 16.9. The number of urea groups is 1. The summed E-state index contributed by atoms with van der Waals surface area (Å²) in [5.74, 6) is 1.21.